The van der Waals surface area contributed by atoms with Crippen LogP contribution < -0.4 is 10.6 Å². The number of nitrogens with two attached hydrogens (primary N) is 1. The Morgan fingerprint density at radius 2 is 1.95 bits per heavy atom. The van der Waals surface area contributed by atoms with E-state index in [4.69, 9.17) is 5.73 Å². The second kappa shape index (κ2) is 7.31. The quantitative estimate of drug-likeness (QED) is 0.834. The predicted molar refractivity (Wildman–Crippen MR) is 80.1 cm³/mol. The minimum absolute atomic E-state index is 0.0421. The number of benzene rings is 1. The first kappa shape index (κ1) is 17.3. The summed E-state index contributed by atoms with van der Waals surface area (Å²) < 4.78 is 38.7. The van der Waals surface area contributed by atoms with Crippen LogP contribution in [0.5, 0.6) is 0 Å². The van der Waals surface area contributed by atoms with Gasteiger partial charge in [0.1, 0.15) is 6.54 Å². The summed E-state index contributed by atoms with van der Waals surface area (Å²) in [6.07, 6.45) is -2.85. The Morgan fingerprint density at radius 1 is 1.30 bits per heavy atom. The molecule has 0 aliphatic heterocycles. The van der Waals surface area contributed by atoms with Gasteiger partial charge in [0.15, 0.2) is 0 Å². The molecule has 0 saturated heterocycles. The van der Waals surface area contributed by atoms with Crippen LogP contribution in [-0.2, 0) is 6.42 Å². The Hall–Kier alpha value is -0.750. The lowest BCUT2D eigenvalue weighted by Gasteiger charge is -2.27. The first-order chi connectivity index (χ1) is 9.26. The van der Waals surface area contributed by atoms with Crippen molar-refractivity contribution >= 4 is 21.6 Å². The maximum Gasteiger partial charge on any atom is 0.405 e. The van der Waals surface area contributed by atoms with Gasteiger partial charge in [0.05, 0.1) is 0 Å². The summed E-state index contributed by atoms with van der Waals surface area (Å²) >= 11 is 3.32. The van der Waals surface area contributed by atoms with Gasteiger partial charge in [-0.25, -0.2) is 0 Å². The molecule has 20 heavy (non-hydrogen) atoms. The smallest absolute Gasteiger partial charge is 0.363 e. The Kier molecular flexibility index (Phi) is 6.33. The molecule has 2 nitrogen and oxygen atoms in total. The first-order valence-electron chi connectivity index (χ1n) is 6.62. The molecule has 0 bridgehead atoms. The molecule has 1 aromatic rings. The van der Waals surface area contributed by atoms with Crippen molar-refractivity contribution in [2.45, 2.75) is 38.9 Å². The Bertz CT molecular complexity index is 435. The third-order valence-electron chi connectivity index (χ3n) is 3.15. The van der Waals surface area contributed by atoms with E-state index in [0.717, 1.165) is 16.5 Å². The van der Waals surface area contributed by atoms with Crippen molar-refractivity contribution in [1.29, 1.82) is 0 Å². The van der Waals surface area contributed by atoms with E-state index in [9.17, 15) is 13.2 Å². The third-order valence-corrected chi connectivity index (χ3v) is 3.64. The van der Waals surface area contributed by atoms with Gasteiger partial charge in [-0.2, -0.15) is 13.2 Å². The van der Waals surface area contributed by atoms with E-state index in [2.05, 4.69) is 15.9 Å². The molecule has 0 heterocycles. The zero-order valence-electron chi connectivity index (χ0n) is 11.7. The number of hydrogen-bond acceptors (Lipinski definition) is 2. The summed E-state index contributed by atoms with van der Waals surface area (Å²) in [7, 11) is 0. The number of alkyl halides is 3. The van der Waals surface area contributed by atoms with E-state index in [-0.39, 0.29) is 6.04 Å². The number of halogens is 4. The summed E-state index contributed by atoms with van der Waals surface area (Å²) in [5.74, 6) is 0. The average Bonchev–Trinajstić information content (AvgIpc) is 2.37. The lowest BCUT2D eigenvalue weighted by Crippen LogP contribution is -2.35. The van der Waals surface area contributed by atoms with E-state index < -0.39 is 12.7 Å². The number of rotatable bonds is 6. The van der Waals surface area contributed by atoms with E-state index in [0.29, 0.717) is 18.7 Å². The highest BCUT2D eigenvalue weighted by Gasteiger charge is 2.31. The average molecular weight is 353 g/mol. The van der Waals surface area contributed by atoms with Crippen molar-refractivity contribution in [3.05, 3.63) is 28.2 Å². The van der Waals surface area contributed by atoms with Crippen LogP contribution in [0.25, 0.3) is 0 Å². The van der Waals surface area contributed by atoms with Gasteiger partial charge in [-0.3, -0.25) is 0 Å². The van der Waals surface area contributed by atoms with Gasteiger partial charge in [-0.1, -0.05) is 28.9 Å². The van der Waals surface area contributed by atoms with Crippen LogP contribution in [-0.4, -0.2) is 25.3 Å². The first-order valence-corrected chi connectivity index (χ1v) is 7.41. The van der Waals surface area contributed by atoms with Crippen LogP contribution in [0.4, 0.5) is 18.9 Å². The van der Waals surface area contributed by atoms with Crippen molar-refractivity contribution < 1.29 is 13.2 Å². The van der Waals surface area contributed by atoms with Crippen molar-refractivity contribution in [3.63, 3.8) is 0 Å². The fraction of sp³-hybridized carbons (Fsp3) is 0.571. The molecule has 0 saturated carbocycles. The summed E-state index contributed by atoms with van der Waals surface area (Å²) in [4.78, 5) is 1.34. The van der Waals surface area contributed by atoms with Crippen LogP contribution in [0.3, 0.4) is 0 Å². The second-order valence-corrected chi connectivity index (χ2v) is 5.69. The summed E-state index contributed by atoms with van der Waals surface area (Å²) in [6.45, 7) is 3.03. The van der Waals surface area contributed by atoms with Crippen molar-refractivity contribution in [1.82, 2.24) is 0 Å². The molecule has 0 fully saturated rings. The SMILES string of the molecule is CCC(N)Cc1ccc(Br)cc1N(CC)CC(F)(F)F. The Balaban J connectivity index is 3.08. The van der Waals surface area contributed by atoms with Gasteiger partial charge in [0.25, 0.3) is 0 Å². The molecule has 6 heteroatoms. The van der Waals surface area contributed by atoms with Crippen molar-refractivity contribution in [3.8, 4) is 0 Å². The van der Waals surface area contributed by atoms with E-state index in [1.54, 1.807) is 13.0 Å². The van der Waals surface area contributed by atoms with Gasteiger partial charge in [0.2, 0.25) is 0 Å². The fourth-order valence-electron chi connectivity index (χ4n) is 2.01. The monoisotopic (exact) mass is 352 g/mol. The molecule has 0 spiro atoms. The molecule has 1 rings (SSSR count). The van der Waals surface area contributed by atoms with Crippen LogP contribution in [0, 0.1) is 0 Å². The molecule has 114 valence electrons. The molecule has 0 radical (unpaired) electrons. The fourth-order valence-corrected chi connectivity index (χ4v) is 2.36. The maximum absolute atomic E-state index is 12.7. The van der Waals surface area contributed by atoms with Crippen molar-refractivity contribution in [2.24, 2.45) is 5.73 Å². The highest BCUT2D eigenvalue weighted by atomic mass is 79.9. The summed E-state index contributed by atoms with van der Waals surface area (Å²) in [6, 6.07) is 5.36. The van der Waals surface area contributed by atoms with Crippen LogP contribution >= 0.6 is 15.9 Å². The molecule has 0 aromatic heterocycles. The van der Waals surface area contributed by atoms with Crippen molar-refractivity contribution in [2.75, 3.05) is 18.0 Å². The lowest BCUT2D eigenvalue weighted by molar-refractivity contribution is -0.119. The second-order valence-electron chi connectivity index (χ2n) is 4.77. The Labute approximate surface area is 126 Å². The van der Waals surface area contributed by atoms with Gasteiger partial charge in [-0.15, -0.1) is 0 Å². The zero-order valence-corrected chi connectivity index (χ0v) is 13.3. The molecule has 0 aliphatic rings. The lowest BCUT2D eigenvalue weighted by atomic mass is 10.0. The van der Waals surface area contributed by atoms with Crippen LogP contribution in [0.2, 0.25) is 0 Å². The van der Waals surface area contributed by atoms with Gasteiger partial charge < -0.3 is 10.6 Å². The van der Waals surface area contributed by atoms with Gasteiger partial charge in [0, 0.05) is 22.7 Å². The van der Waals surface area contributed by atoms with Crippen LogP contribution in [0.15, 0.2) is 22.7 Å². The topological polar surface area (TPSA) is 29.3 Å². The predicted octanol–water partition coefficient (Wildman–Crippen LogP) is 4.12. The van der Waals surface area contributed by atoms with Crippen LogP contribution in [0.1, 0.15) is 25.8 Å². The largest absolute Gasteiger partial charge is 0.405 e. The normalized spacial score (nSPS) is 13.3. The molecular formula is C14H20BrF3N2. The highest BCUT2D eigenvalue weighted by Crippen LogP contribution is 2.29. The number of hydrogen-bond donors (Lipinski definition) is 1. The van der Waals surface area contributed by atoms with E-state index in [1.807, 2.05) is 19.1 Å². The molecule has 0 aliphatic carbocycles. The molecule has 1 atom stereocenters. The summed E-state index contributed by atoms with van der Waals surface area (Å²) in [5, 5.41) is 0. The molecule has 1 unspecified atom stereocenters. The standard InChI is InChI=1S/C14H20BrF3N2/c1-3-12(19)7-10-5-6-11(15)8-13(10)20(4-2)9-14(16,17)18/h5-6,8,12H,3-4,7,9,19H2,1-2H3. The minimum atomic E-state index is -4.22. The van der Waals surface area contributed by atoms with E-state index in [1.165, 1.54) is 4.90 Å². The molecule has 2 N–H and O–H groups in total. The third kappa shape index (κ3) is 5.32. The maximum atomic E-state index is 12.7. The zero-order chi connectivity index (χ0) is 15.3. The highest BCUT2D eigenvalue weighted by molar-refractivity contribution is 9.10. The Morgan fingerprint density at radius 3 is 2.45 bits per heavy atom. The minimum Gasteiger partial charge on any atom is -0.363 e. The number of anilines is 1. The van der Waals surface area contributed by atoms with Gasteiger partial charge >= 0.3 is 6.18 Å². The molecule has 0 amide bonds. The number of nitrogens with zero attached hydrogens (tertiary/aromatic N) is 1. The molecular weight excluding hydrogens is 333 g/mol. The van der Waals surface area contributed by atoms with E-state index >= 15 is 0 Å². The summed E-state index contributed by atoms with van der Waals surface area (Å²) in [5.41, 5.74) is 7.38. The van der Waals surface area contributed by atoms with Gasteiger partial charge in [-0.05, 0) is 37.5 Å². The molecule has 1 aromatic carbocycles.